The zero-order valence-corrected chi connectivity index (χ0v) is 16.4. The van der Waals surface area contributed by atoms with Crippen LogP contribution >= 0.6 is 23.4 Å². The van der Waals surface area contributed by atoms with E-state index in [9.17, 15) is 0 Å². The van der Waals surface area contributed by atoms with Crippen LogP contribution in [0, 0.1) is 6.92 Å². The van der Waals surface area contributed by atoms with E-state index in [4.69, 9.17) is 21.1 Å². The van der Waals surface area contributed by atoms with Crippen LogP contribution in [0.15, 0.2) is 53.7 Å². The Balaban J connectivity index is 1.95. The Hall–Kier alpha value is -2.24. The predicted octanol–water partition coefficient (Wildman–Crippen LogP) is 5.55. The second kappa shape index (κ2) is 8.43. The summed E-state index contributed by atoms with van der Waals surface area (Å²) in [4.78, 5) is 8.87. The van der Waals surface area contributed by atoms with Crippen molar-refractivity contribution < 1.29 is 9.47 Å². The predicted molar refractivity (Wildman–Crippen MR) is 106 cm³/mol. The molecular formula is C20H19ClN2O2S. The molecule has 0 bridgehead atoms. The molecular weight excluding hydrogens is 368 g/mol. The number of benzene rings is 2. The molecule has 1 aromatic heterocycles. The van der Waals surface area contributed by atoms with Crippen molar-refractivity contribution in [1.82, 2.24) is 9.97 Å². The average Bonchev–Trinajstić information content (AvgIpc) is 2.66. The van der Waals surface area contributed by atoms with Gasteiger partial charge < -0.3 is 9.47 Å². The van der Waals surface area contributed by atoms with Gasteiger partial charge in [-0.3, -0.25) is 0 Å². The summed E-state index contributed by atoms with van der Waals surface area (Å²) in [5.41, 5.74) is 3.00. The summed E-state index contributed by atoms with van der Waals surface area (Å²) < 4.78 is 11.2. The Labute approximate surface area is 162 Å². The van der Waals surface area contributed by atoms with Gasteiger partial charge in [0, 0.05) is 6.42 Å². The van der Waals surface area contributed by atoms with Crippen molar-refractivity contribution in [3.63, 3.8) is 0 Å². The first kappa shape index (κ1) is 18.5. The largest absolute Gasteiger partial charge is 0.497 e. The first-order chi connectivity index (χ1) is 12.6. The van der Waals surface area contributed by atoms with Gasteiger partial charge in [0.15, 0.2) is 5.16 Å². The van der Waals surface area contributed by atoms with Gasteiger partial charge in [-0.15, -0.1) is 0 Å². The highest BCUT2D eigenvalue weighted by atomic mass is 35.5. The highest BCUT2D eigenvalue weighted by molar-refractivity contribution is 7.98. The summed E-state index contributed by atoms with van der Waals surface area (Å²) in [5.74, 6) is 2.01. The fourth-order valence-corrected chi connectivity index (χ4v) is 3.04. The molecule has 26 heavy (non-hydrogen) atoms. The molecule has 3 rings (SSSR count). The van der Waals surface area contributed by atoms with Gasteiger partial charge in [0.2, 0.25) is 5.88 Å². The van der Waals surface area contributed by atoms with Gasteiger partial charge >= 0.3 is 0 Å². The van der Waals surface area contributed by atoms with E-state index >= 15 is 0 Å². The second-order valence-corrected chi connectivity index (χ2v) is 6.86. The number of rotatable bonds is 6. The fourth-order valence-electron chi connectivity index (χ4n) is 2.41. The van der Waals surface area contributed by atoms with Gasteiger partial charge in [-0.25, -0.2) is 4.98 Å². The van der Waals surface area contributed by atoms with Crippen LogP contribution in [-0.4, -0.2) is 23.3 Å². The average molecular weight is 387 g/mol. The third-order valence-electron chi connectivity index (χ3n) is 3.86. The molecule has 0 radical (unpaired) electrons. The molecule has 1 heterocycles. The molecule has 0 aliphatic heterocycles. The van der Waals surface area contributed by atoms with Gasteiger partial charge in [0.05, 0.1) is 12.7 Å². The first-order valence-electron chi connectivity index (χ1n) is 8.07. The van der Waals surface area contributed by atoms with Crippen molar-refractivity contribution in [3.05, 3.63) is 70.4 Å². The molecule has 0 unspecified atom stereocenters. The lowest BCUT2D eigenvalue weighted by molar-refractivity contribution is 0.414. The number of aryl methyl sites for hydroxylation is 1. The molecule has 0 N–H and O–H groups in total. The molecule has 0 amide bonds. The maximum atomic E-state index is 6.44. The normalized spacial score (nSPS) is 10.6. The van der Waals surface area contributed by atoms with Crippen LogP contribution in [0.3, 0.4) is 0 Å². The number of halogens is 1. The van der Waals surface area contributed by atoms with Crippen LogP contribution in [-0.2, 0) is 6.42 Å². The number of methoxy groups -OCH3 is 1. The molecule has 0 saturated carbocycles. The second-order valence-electron chi connectivity index (χ2n) is 5.72. The highest BCUT2D eigenvalue weighted by Crippen LogP contribution is 2.32. The third kappa shape index (κ3) is 4.48. The molecule has 0 aliphatic rings. The molecule has 0 spiro atoms. The van der Waals surface area contributed by atoms with Crippen molar-refractivity contribution >= 4 is 23.4 Å². The molecule has 0 fully saturated rings. The number of thioether (sulfide) groups is 1. The van der Waals surface area contributed by atoms with Crippen LogP contribution in [0.1, 0.15) is 16.7 Å². The van der Waals surface area contributed by atoms with E-state index in [1.807, 2.05) is 61.7 Å². The molecule has 0 atom stereocenters. The lowest BCUT2D eigenvalue weighted by atomic mass is 10.1. The summed E-state index contributed by atoms with van der Waals surface area (Å²) in [5, 5.41) is 0.984. The Bertz CT molecular complexity index is 884. The van der Waals surface area contributed by atoms with Gasteiger partial charge in [-0.05, 0) is 43.0 Å². The zero-order valence-electron chi connectivity index (χ0n) is 14.8. The number of hydrogen-bond acceptors (Lipinski definition) is 5. The lowest BCUT2D eigenvalue weighted by Gasteiger charge is -2.13. The Morgan fingerprint density at radius 3 is 2.23 bits per heavy atom. The van der Waals surface area contributed by atoms with Crippen LogP contribution in [0.5, 0.6) is 17.4 Å². The Morgan fingerprint density at radius 2 is 1.62 bits per heavy atom. The van der Waals surface area contributed by atoms with Crippen molar-refractivity contribution in [3.8, 4) is 17.4 Å². The van der Waals surface area contributed by atoms with E-state index in [-0.39, 0.29) is 0 Å². The van der Waals surface area contributed by atoms with Gasteiger partial charge in [-0.1, -0.05) is 53.2 Å². The minimum Gasteiger partial charge on any atom is -0.497 e. The molecule has 6 heteroatoms. The zero-order chi connectivity index (χ0) is 18.5. The van der Waals surface area contributed by atoms with E-state index in [2.05, 4.69) is 9.97 Å². The lowest BCUT2D eigenvalue weighted by Crippen LogP contribution is -2.01. The van der Waals surface area contributed by atoms with Crippen molar-refractivity contribution in [1.29, 1.82) is 0 Å². The molecule has 134 valence electrons. The quantitative estimate of drug-likeness (QED) is 0.315. The standard InChI is InChI=1S/C20H19ClN2O2S/c1-13-4-8-16(9-5-13)25-19-17(18(21)22-20(23-19)26-3)12-14-6-10-15(24-2)11-7-14/h4-11H,12H2,1-3H3. The minimum absolute atomic E-state index is 0.405. The van der Waals surface area contributed by atoms with Gasteiger partial charge in [0.1, 0.15) is 16.7 Å². The molecule has 3 aromatic rings. The molecule has 4 nitrogen and oxygen atoms in total. The monoisotopic (exact) mass is 386 g/mol. The molecule has 0 saturated heterocycles. The van der Waals surface area contributed by atoms with Crippen molar-refractivity contribution in [2.75, 3.05) is 13.4 Å². The number of aromatic nitrogens is 2. The minimum atomic E-state index is 0.405. The maximum absolute atomic E-state index is 6.44. The van der Waals surface area contributed by atoms with E-state index < -0.39 is 0 Å². The highest BCUT2D eigenvalue weighted by Gasteiger charge is 2.16. The van der Waals surface area contributed by atoms with Crippen LogP contribution in [0.25, 0.3) is 0 Å². The van der Waals surface area contributed by atoms with E-state index in [1.54, 1.807) is 7.11 Å². The Morgan fingerprint density at radius 1 is 0.962 bits per heavy atom. The Kier molecular flexibility index (Phi) is 6.01. The summed E-state index contributed by atoms with van der Waals surface area (Å²) in [6, 6.07) is 15.7. The van der Waals surface area contributed by atoms with Crippen molar-refractivity contribution in [2.24, 2.45) is 0 Å². The topological polar surface area (TPSA) is 44.2 Å². The van der Waals surface area contributed by atoms with E-state index in [0.717, 1.165) is 16.9 Å². The summed E-state index contributed by atoms with van der Waals surface area (Å²) >= 11 is 7.87. The number of nitrogens with zero attached hydrogens (tertiary/aromatic N) is 2. The van der Waals surface area contributed by atoms with Crippen LogP contribution in [0.4, 0.5) is 0 Å². The van der Waals surface area contributed by atoms with E-state index in [0.29, 0.717) is 28.4 Å². The van der Waals surface area contributed by atoms with Gasteiger partial charge in [0.25, 0.3) is 0 Å². The fraction of sp³-hybridized carbons (Fsp3) is 0.200. The van der Waals surface area contributed by atoms with Crippen LogP contribution in [0.2, 0.25) is 5.15 Å². The summed E-state index contributed by atoms with van der Waals surface area (Å²) in [6.07, 6.45) is 2.48. The number of ether oxygens (including phenoxy) is 2. The smallest absolute Gasteiger partial charge is 0.228 e. The molecule has 2 aromatic carbocycles. The van der Waals surface area contributed by atoms with E-state index in [1.165, 1.54) is 17.3 Å². The maximum Gasteiger partial charge on any atom is 0.228 e. The first-order valence-corrected chi connectivity index (χ1v) is 9.67. The third-order valence-corrected chi connectivity index (χ3v) is 4.72. The van der Waals surface area contributed by atoms with Crippen molar-refractivity contribution in [2.45, 2.75) is 18.5 Å². The summed E-state index contributed by atoms with van der Waals surface area (Å²) in [7, 11) is 1.65. The van der Waals surface area contributed by atoms with Gasteiger partial charge in [-0.2, -0.15) is 4.98 Å². The molecule has 0 aliphatic carbocycles. The SMILES string of the molecule is COc1ccc(Cc2c(Cl)nc(SC)nc2Oc2ccc(C)cc2)cc1. The number of hydrogen-bond donors (Lipinski definition) is 0. The summed E-state index contributed by atoms with van der Waals surface area (Å²) in [6.45, 7) is 2.03. The van der Waals surface area contributed by atoms with Crippen LogP contribution < -0.4 is 9.47 Å².